The van der Waals surface area contributed by atoms with Gasteiger partial charge in [-0.15, -0.1) is 0 Å². The van der Waals surface area contributed by atoms with E-state index in [4.69, 9.17) is 4.42 Å². The quantitative estimate of drug-likeness (QED) is 0.830. The summed E-state index contributed by atoms with van der Waals surface area (Å²) in [6.45, 7) is 3.14. The average Bonchev–Trinajstić information content (AvgIpc) is 2.57. The highest BCUT2D eigenvalue weighted by Gasteiger charge is 2.35. The van der Waals surface area contributed by atoms with Gasteiger partial charge in [-0.25, -0.2) is 0 Å². The molecule has 2 rings (SSSR count). The molecule has 0 aliphatic rings. The Bertz CT molecular complexity index is 535. The molecule has 0 saturated carbocycles. The third-order valence-electron chi connectivity index (χ3n) is 2.50. The van der Waals surface area contributed by atoms with E-state index in [0.717, 1.165) is 6.07 Å². The molecule has 1 aromatic carbocycles. The molecule has 0 spiro atoms. The monoisotopic (exact) mass is 244 g/mol. The highest BCUT2D eigenvalue weighted by Crippen LogP contribution is 2.35. The van der Waals surface area contributed by atoms with Gasteiger partial charge in [0.2, 0.25) is 5.76 Å². The molecule has 92 valence electrons. The molecule has 0 saturated heterocycles. The van der Waals surface area contributed by atoms with Crippen molar-refractivity contribution in [1.29, 1.82) is 0 Å². The number of furan rings is 1. The van der Waals surface area contributed by atoms with Gasteiger partial charge in [-0.2, -0.15) is 13.2 Å². The van der Waals surface area contributed by atoms with E-state index in [0.29, 0.717) is 10.9 Å². The van der Waals surface area contributed by atoms with Gasteiger partial charge in [0.05, 0.1) is 5.60 Å². The first-order valence-corrected chi connectivity index (χ1v) is 5.01. The summed E-state index contributed by atoms with van der Waals surface area (Å²) in [6.07, 6.45) is -4.49. The summed E-state index contributed by atoms with van der Waals surface area (Å²) >= 11 is 0. The van der Waals surface area contributed by atoms with Gasteiger partial charge < -0.3 is 9.52 Å². The molecule has 1 heterocycles. The third-order valence-corrected chi connectivity index (χ3v) is 2.50. The first-order chi connectivity index (χ1) is 7.68. The summed E-state index contributed by atoms with van der Waals surface area (Å²) in [5, 5.41) is 10.1. The fourth-order valence-electron chi connectivity index (χ4n) is 1.56. The van der Waals surface area contributed by atoms with Gasteiger partial charge in [0, 0.05) is 5.39 Å². The van der Waals surface area contributed by atoms with E-state index in [1.54, 1.807) is 19.9 Å². The van der Waals surface area contributed by atoms with E-state index in [1.165, 1.54) is 12.1 Å². The molecule has 0 unspecified atom stereocenters. The highest BCUT2D eigenvalue weighted by molar-refractivity contribution is 5.79. The molecule has 0 bridgehead atoms. The smallest absolute Gasteiger partial charge is 0.449 e. The Labute approximate surface area is 95.7 Å². The maximum atomic E-state index is 12.4. The molecule has 1 N–H and O–H groups in total. The summed E-state index contributed by atoms with van der Waals surface area (Å²) in [5.41, 5.74) is -0.394. The van der Waals surface area contributed by atoms with Gasteiger partial charge in [0.1, 0.15) is 5.58 Å². The van der Waals surface area contributed by atoms with Crippen LogP contribution < -0.4 is 0 Å². The van der Waals surface area contributed by atoms with Crippen LogP contribution in [0, 0.1) is 0 Å². The Hall–Kier alpha value is -1.49. The molecular weight excluding hydrogens is 233 g/mol. The average molecular weight is 244 g/mol. The fraction of sp³-hybridized carbons (Fsp3) is 0.333. The second-order valence-electron chi connectivity index (χ2n) is 4.42. The number of halogens is 3. The van der Waals surface area contributed by atoms with Crippen molar-refractivity contribution in [3.63, 3.8) is 0 Å². The van der Waals surface area contributed by atoms with E-state index in [9.17, 15) is 18.3 Å². The van der Waals surface area contributed by atoms with Gasteiger partial charge in [-0.05, 0) is 37.6 Å². The Kier molecular flexibility index (Phi) is 2.47. The molecule has 17 heavy (non-hydrogen) atoms. The second-order valence-corrected chi connectivity index (χ2v) is 4.42. The van der Waals surface area contributed by atoms with E-state index in [1.807, 2.05) is 0 Å². The zero-order chi connectivity index (χ0) is 12.8. The van der Waals surface area contributed by atoms with Crippen molar-refractivity contribution < 1.29 is 22.7 Å². The number of benzene rings is 1. The van der Waals surface area contributed by atoms with Crippen molar-refractivity contribution in [3.8, 4) is 0 Å². The van der Waals surface area contributed by atoms with Crippen LogP contribution >= 0.6 is 0 Å². The molecule has 0 radical (unpaired) electrons. The number of aliphatic hydroxyl groups is 1. The Morgan fingerprint density at radius 2 is 1.76 bits per heavy atom. The first-order valence-electron chi connectivity index (χ1n) is 5.01. The SMILES string of the molecule is CC(C)(O)c1ccc2oc(C(F)(F)F)cc2c1. The van der Waals surface area contributed by atoms with Gasteiger partial charge in [-0.1, -0.05) is 6.07 Å². The van der Waals surface area contributed by atoms with Crippen LogP contribution in [0.5, 0.6) is 0 Å². The lowest BCUT2D eigenvalue weighted by atomic mass is 9.97. The molecule has 1 aromatic heterocycles. The van der Waals surface area contributed by atoms with Crippen LogP contribution in [0.25, 0.3) is 11.0 Å². The molecule has 0 aliphatic heterocycles. The summed E-state index contributed by atoms with van der Waals surface area (Å²) in [5.74, 6) is -1.03. The molecule has 5 heteroatoms. The summed E-state index contributed by atoms with van der Waals surface area (Å²) in [4.78, 5) is 0. The molecule has 0 aliphatic carbocycles. The van der Waals surface area contributed by atoms with Crippen LogP contribution in [0.2, 0.25) is 0 Å². The minimum Gasteiger partial charge on any atom is -0.452 e. The number of hydrogen-bond donors (Lipinski definition) is 1. The Balaban J connectivity index is 2.56. The van der Waals surface area contributed by atoms with Crippen LogP contribution in [-0.2, 0) is 11.8 Å². The van der Waals surface area contributed by atoms with Gasteiger partial charge in [0.25, 0.3) is 0 Å². The van der Waals surface area contributed by atoms with E-state index in [-0.39, 0.29) is 5.58 Å². The molecule has 0 atom stereocenters. The summed E-state index contributed by atoms with van der Waals surface area (Å²) in [7, 11) is 0. The van der Waals surface area contributed by atoms with Crippen molar-refractivity contribution in [2.75, 3.05) is 0 Å². The zero-order valence-electron chi connectivity index (χ0n) is 9.30. The molecule has 0 fully saturated rings. The van der Waals surface area contributed by atoms with E-state index >= 15 is 0 Å². The third kappa shape index (κ3) is 2.29. The number of rotatable bonds is 1. The molecular formula is C12H11F3O2. The second kappa shape index (κ2) is 3.50. The Morgan fingerprint density at radius 1 is 1.12 bits per heavy atom. The number of hydrogen-bond acceptors (Lipinski definition) is 2. The maximum absolute atomic E-state index is 12.4. The Morgan fingerprint density at radius 3 is 2.29 bits per heavy atom. The maximum Gasteiger partial charge on any atom is 0.449 e. The van der Waals surface area contributed by atoms with Crippen LogP contribution in [0.15, 0.2) is 28.7 Å². The van der Waals surface area contributed by atoms with Crippen LogP contribution in [0.4, 0.5) is 13.2 Å². The standard InChI is InChI=1S/C12H11F3O2/c1-11(2,16)8-3-4-9-7(5-8)6-10(17-9)12(13,14)15/h3-6,16H,1-2H3. The first kappa shape index (κ1) is 12.0. The summed E-state index contributed by atoms with van der Waals surface area (Å²) in [6, 6.07) is 5.41. The highest BCUT2D eigenvalue weighted by atomic mass is 19.4. The fourth-order valence-corrected chi connectivity index (χ4v) is 1.56. The lowest BCUT2D eigenvalue weighted by Crippen LogP contribution is -2.14. The van der Waals surface area contributed by atoms with Crippen molar-refractivity contribution >= 4 is 11.0 Å². The van der Waals surface area contributed by atoms with Crippen LogP contribution in [-0.4, -0.2) is 5.11 Å². The van der Waals surface area contributed by atoms with E-state index in [2.05, 4.69) is 0 Å². The largest absolute Gasteiger partial charge is 0.452 e. The molecule has 2 aromatic rings. The van der Waals surface area contributed by atoms with Crippen molar-refractivity contribution in [3.05, 3.63) is 35.6 Å². The van der Waals surface area contributed by atoms with Gasteiger partial charge >= 0.3 is 6.18 Å². The zero-order valence-corrected chi connectivity index (χ0v) is 9.30. The lowest BCUT2D eigenvalue weighted by molar-refractivity contribution is -0.152. The van der Waals surface area contributed by atoms with Crippen molar-refractivity contribution in [2.45, 2.75) is 25.6 Å². The lowest BCUT2D eigenvalue weighted by Gasteiger charge is -2.17. The van der Waals surface area contributed by atoms with Crippen LogP contribution in [0.3, 0.4) is 0 Å². The predicted molar refractivity (Wildman–Crippen MR) is 56.5 cm³/mol. The predicted octanol–water partition coefficient (Wildman–Crippen LogP) is 3.68. The molecule has 0 amide bonds. The summed E-state index contributed by atoms with van der Waals surface area (Å²) < 4.78 is 41.9. The van der Waals surface area contributed by atoms with E-state index < -0.39 is 17.5 Å². The number of fused-ring (bicyclic) bond motifs is 1. The van der Waals surface area contributed by atoms with Gasteiger partial charge in [0.15, 0.2) is 0 Å². The minimum absolute atomic E-state index is 0.158. The normalized spacial score (nSPS) is 13.3. The van der Waals surface area contributed by atoms with Gasteiger partial charge in [-0.3, -0.25) is 0 Å². The topological polar surface area (TPSA) is 33.4 Å². The minimum atomic E-state index is -4.49. The number of alkyl halides is 3. The van der Waals surface area contributed by atoms with Crippen molar-refractivity contribution in [2.24, 2.45) is 0 Å². The molecule has 2 nitrogen and oxygen atoms in total. The van der Waals surface area contributed by atoms with Crippen molar-refractivity contribution in [1.82, 2.24) is 0 Å². The van der Waals surface area contributed by atoms with Crippen LogP contribution in [0.1, 0.15) is 25.2 Å².